The standard InChI is InChI=1S/C14H19BrN2O2/c1-16-13-9-19-8-12(13)14(18)17(2)7-10-4-3-5-11(15)6-10/h3-6,12-13,16H,7-9H2,1-2H3. The number of rotatable bonds is 4. The van der Waals surface area contributed by atoms with E-state index in [1.165, 1.54) is 0 Å². The summed E-state index contributed by atoms with van der Waals surface area (Å²) in [6.45, 7) is 1.73. The van der Waals surface area contributed by atoms with Gasteiger partial charge in [-0.2, -0.15) is 0 Å². The van der Waals surface area contributed by atoms with Gasteiger partial charge in [-0.25, -0.2) is 0 Å². The topological polar surface area (TPSA) is 41.6 Å². The lowest BCUT2D eigenvalue weighted by Gasteiger charge is -2.23. The van der Waals surface area contributed by atoms with Crippen molar-refractivity contribution in [3.8, 4) is 0 Å². The van der Waals surface area contributed by atoms with E-state index in [4.69, 9.17) is 4.74 Å². The van der Waals surface area contributed by atoms with Gasteiger partial charge in [0.25, 0.3) is 0 Å². The smallest absolute Gasteiger partial charge is 0.229 e. The number of nitrogens with zero attached hydrogens (tertiary/aromatic N) is 1. The van der Waals surface area contributed by atoms with Crippen molar-refractivity contribution < 1.29 is 9.53 Å². The normalized spacial score (nSPS) is 22.5. The van der Waals surface area contributed by atoms with Gasteiger partial charge in [0, 0.05) is 24.1 Å². The summed E-state index contributed by atoms with van der Waals surface area (Å²) in [6, 6.07) is 8.14. The molecule has 2 rings (SSSR count). The lowest BCUT2D eigenvalue weighted by molar-refractivity contribution is -0.135. The summed E-state index contributed by atoms with van der Waals surface area (Å²) in [5.41, 5.74) is 1.12. The molecule has 1 saturated heterocycles. The van der Waals surface area contributed by atoms with Crippen molar-refractivity contribution in [2.24, 2.45) is 5.92 Å². The van der Waals surface area contributed by atoms with Gasteiger partial charge in [0.1, 0.15) is 0 Å². The highest BCUT2D eigenvalue weighted by atomic mass is 79.9. The first-order valence-electron chi connectivity index (χ1n) is 6.36. The summed E-state index contributed by atoms with van der Waals surface area (Å²) >= 11 is 3.44. The third kappa shape index (κ3) is 3.55. The molecule has 1 fully saturated rings. The van der Waals surface area contributed by atoms with Crippen LogP contribution in [0.15, 0.2) is 28.7 Å². The second-order valence-electron chi connectivity index (χ2n) is 4.86. The van der Waals surface area contributed by atoms with Gasteiger partial charge in [0.2, 0.25) is 5.91 Å². The molecule has 2 atom stereocenters. The quantitative estimate of drug-likeness (QED) is 0.914. The Balaban J connectivity index is 1.99. The molecule has 0 aliphatic carbocycles. The van der Waals surface area contributed by atoms with Crippen LogP contribution in [-0.2, 0) is 16.1 Å². The summed E-state index contributed by atoms with van der Waals surface area (Å²) < 4.78 is 6.41. The number of hydrogen-bond acceptors (Lipinski definition) is 3. The molecule has 1 heterocycles. The molecule has 0 saturated carbocycles. The Bertz CT molecular complexity index is 453. The number of benzene rings is 1. The molecule has 104 valence electrons. The Labute approximate surface area is 122 Å². The average Bonchev–Trinajstić information content (AvgIpc) is 2.86. The SMILES string of the molecule is CNC1COCC1C(=O)N(C)Cc1cccc(Br)c1. The molecule has 0 aromatic heterocycles. The number of carbonyl (C=O) groups is 1. The van der Waals surface area contributed by atoms with E-state index in [9.17, 15) is 4.79 Å². The van der Waals surface area contributed by atoms with Crippen LogP contribution in [0.5, 0.6) is 0 Å². The Morgan fingerprint density at radius 1 is 1.53 bits per heavy atom. The number of nitrogens with one attached hydrogen (secondary N) is 1. The van der Waals surface area contributed by atoms with Crippen LogP contribution >= 0.6 is 15.9 Å². The maximum atomic E-state index is 12.4. The van der Waals surface area contributed by atoms with Crippen LogP contribution < -0.4 is 5.32 Å². The van der Waals surface area contributed by atoms with Crippen LogP contribution in [0.2, 0.25) is 0 Å². The lowest BCUT2D eigenvalue weighted by Crippen LogP contribution is -2.43. The van der Waals surface area contributed by atoms with Gasteiger partial charge in [0.05, 0.1) is 19.1 Å². The monoisotopic (exact) mass is 326 g/mol. The number of amides is 1. The minimum Gasteiger partial charge on any atom is -0.379 e. The summed E-state index contributed by atoms with van der Waals surface area (Å²) in [7, 11) is 3.71. The average molecular weight is 327 g/mol. The van der Waals surface area contributed by atoms with Gasteiger partial charge in [-0.15, -0.1) is 0 Å². The summed E-state index contributed by atoms with van der Waals surface area (Å²) in [4.78, 5) is 14.2. The van der Waals surface area contributed by atoms with Crippen molar-refractivity contribution in [1.82, 2.24) is 10.2 Å². The van der Waals surface area contributed by atoms with E-state index >= 15 is 0 Å². The van der Waals surface area contributed by atoms with Crippen LogP contribution in [0.4, 0.5) is 0 Å². The molecule has 0 spiro atoms. The predicted octanol–water partition coefficient (Wildman–Crippen LogP) is 1.64. The second-order valence-corrected chi connectivity index (χ2v) is 5.78. The Morgan fingerprint density at radius 3 is 3.00 bits per heavy atom. The van der Waals surface area contributed by atoms with E-state index in [-0.39, 0.29) is 17.9 Å². The van der Waals surface area contributed by atoms with Crippen molar-refractivity contribution in [1.29, 1.82) is 0 Å². The molecule has 1 N–H and O–H groups in total. The highest BCUT2D eigenvalue weighted by molar-refractivity contribution is 9.10. The first-order chi connectivity index (χ1) is 9.11. The van der Waals surface area contributed by atoms with E-state index in [0.717, 1.165) is 10.0 Å². The van der Waals surface area contributed by atoms with Gasteiger partial charge in [-0.1, -0.05) is 28.1 Å². The molecular formula is C14H19BrN2O2. The maximum Gasteiger partial charge on any atom is 0.229 e. The van der Waals surface area contributed by atoms with Crippen molar-refractivity contribution in [2.75, 3.05) is 27.3 Å². The number of ether oxygens (including phenoxy) is 1. The fraction of sp³-hybridized carbons (Fsp3) is 0.500. The van der Waals surface area contributed by atoms with Crippen LogP contribution in [0.3, 0.4) is 0 Å². The van der Waals surface area contributed by atoms with Crippen molar-refractivity contribution in [3.63, 3.8) is 0 Å². The highest BCUT2D eigenvalue weighted by Crippen LogP contribution is 2.18. The second kappa shape index (κ2) is 6.50. The fourth-order valence-electron chi connectivity index (χ4n) is 2.35. The summed E-state index contributed by atoms with van der Waals surface area (Å²) in [5, 5.41) is 3.14. The Hall–Kier alpha value is -0.910. The number of halogens is 1. The minimum absolute atomic E-state index is 0.0813. The zero-order chi connectivity index (χ0) is 13.8. The van der Waals surface area contributed by atoms with Crippen LogP contribution in [0.1, 0.15) is 5.56 Å². The molecule has 4 nitrogen and oxygen atoms in total. The lowest BCUT2D eigenvalue weighted by atomic mass is 10.0. The molecule has 1 aromatic rings. The van der Waals surface area contributed by atoms with Gasteiger partial charge in [-0.05, 0) is 24.7 Å². The predicted molar refractivity (Wildman–Crippen MR) is 77.8 cm³/mol. The highest BCUT2D eigenvalue weighted by Gasteiger charge is 2.34. The zero-order valence-corrected chi connectivity index (χ0v) is 12.8. The molecule has 1 aliphatic heterocycles. The van der Waals surface area contributed by atoms with Gasteiger partial charge in [0.15, 0.2) is 0 Å². The Kier molecular flexibility index (Phi) is 4.96. The van der Waals surface area contributed by atoms with Crippen molar-refractivity contribution in [3.05, 3.63) is 34.3 Å². The molecule has 0 bridgehead atoms. The molecule has 1 aromatic carbocycles. The Morgan fingerprint density at radius 2 is 2.32 bits per heavy atom. The maximum absolute atomic E-state index is 12.4. The molecule has 1 aliphatic rings. The fourth-order valence-corrected chi connectivity index (χ4v) is 2.80. The van der Waals surface area contributed by atoms with E-state index in [1.807, 2.05) is 38.4 Å². The van der Waals surface area contributed by atoms with Crippen LogP contribution in [-0.4, -0.2) is 44.2 Å². The third-order valence-corrected chi connectivity index (χ3v) is 3.95. The summed E-state index contributed by atoms with van der Waals surface area (Å²) in [6.07, 6.45) is 0. The van der Waals surface area contributed by atoms with Crippen molar-refractivity contribution >= 4 is 21.8 Å². The van der Waals surface area contributed by atoms with E-state index in [0.29, 0.717) is 19.8 Å². The minimum atomic E-state index is -0.0813. The molecular weight excluding hydrogens is 308 g/mol. The number of carbonyl (C=O) groups excluding carboxylic acids is 1. The largest absolute Gasteiger partial charge is 0.379 e. The summed E-state index contributed by atoms with van der Waals surface area (Å²) in [5.74, 6) is 0.0546. The van der Waals surface area contributed by atoms with Gasteiger partial charge < -0.3 is 15.0 Å². The molecule has 0 radical (unpaired) electrons. The third-order valence-electron chi connectivity index (χ3n) is 3.45. The molecule has 2 unspecified atom stereocenters. The number of likely N-dealkylation sites (N-methyl/N-ethyl adjacent to an activating group) is 1. The molecule has 1 amide bonds. The first-order valence-corrected chi connectivity index (χ1v) is 7.15. The molecule has 5 heteroatoms. The first kappa shape index (κ1) is 14.5. The van der Waals surface area contributed by atoms with Gasteiger partial charge in [-0.3, -0.25) is 4.79 Å². The molecule has 19 heavy (non-hydrogen) atoms. The van der Waals surface area contributed by atoms with E-state index < -0.39 is 0 Å². The van der Waals surface area contributed by atoms with Crippen LogP contribution in [0.25, 0.3) is 0 Å². The van der Waals surface area contributed by atoms with Gasteiger partial charge >= 0.3 is 0 Å². The number of hydrogen-bond donors (Lipinski definition) is 1. The van der Waals surface area contributed by atoms with E-state index in [1.54, 1.807) is 4.90 Å². The zero-order valence-electron chi connectivity index (χ0n) is 11.2. The van der Waals surface area contributed by atoms with Crippen LogP contribution in [0, 0.1) is 5.92 Å². The van der Waals surface area contributed by atoms with Crippen molar-refractivity contribution in [2.45, 2.75) is 12.6 Å². The van der Waals surface area contributed by atoms with E-state index in [2.05, 4.69) is 21.2 Å².